The number of aryl methyl sites for hydroxylation is 2. The standard InChI is InChI=1S/C15H15BrClN6OP.C11H15N4OP.C4HBrCl2N2.CH3F.CH2O3.2K.H/c1-23-19-8-12(22-23)9-4-5-11(13(6-9)25(2,3)24)20-14-10(16)7-18-15(17)21-14;1-15-13-7-10(14-15)8-4-5-9(12)11(6-8)17(2,3)16;5-2-1-8-4(7)9-3(2)6;1-2;2-1-4-3;;;/h4-8H,1-3H3,(H,18,20,21);4-7H,12H2,1-3H3;1H;1H3;1,3H;;;/q;;;;;2*+1;-1/p-1/i;;;1D;;;;. The average Bonchev–Trinajstić information content (AvgIpc) is 3.80. The molecule has 0 aliphatic carbocycles. The molecule has 3 N–H and O–H groups in total. The second-order valence-electron chi connectivity index (χ2n) is 11.6. The van der Waals surface area contributed by atoms with E-state index in [1.54, 1.807) is 65.4 Å². The van der Waals surface area contributed by atoms with Crippen LogP contribution in [-0.4, -0.2) is 90.2 Å². The molecule has 0 aliphatic rings. The van der Waals surface area contributed by atoms with Gasteiger partial charge < -0.3 is 31.8 Å². The van der Waals surface area contributed by atoms with E-state index in [9.17, 15) is 13.5 Å². The number of nitrogens with two attached hydrogens (primary N) is 1. The summed E-state index contributed by atoms with van der Waals surface area (Å²) in [6, 6.07) is 11.1. The van der Waals surface area contributed by atoms with Crippen LogP contribution in [0.4, 0.5) is 21.6 Å². The first-order valence-electron chi connectivity index (χ1n) is 16.1. The Hall–Kier alpha value is -0.597. The van der Waals surface area contributed by atoms with Crippen molar-refractivity contribution in [1.82, 2.24) is 49.9 Å². The number of carbonyl (C=O) groups excluding carboxylic acids is 1. The summed E-state index contributed by atoms with van der Waals surface area (Å²) >= 11 is 23.3. The molecule has 308 valence electrons. The van der Waals surface area contributed by atoms with Crippen LogP contribution < -0.4 is 130 Å². The third kappa shape index (κ3) is 19.8. The molecule has 17 nitrogen and oxygen atoms in total. The van der Waals surface area contributed by atoms with E-state index in [1.165, 1.54) is 15.8 Å². The Kier molecular flexibility index (Phi) is 27.0. The Balaban J connectivity index is 0. The summed E-state index contributed by atoms with van der Waals surface area (Å²) in [4.78, 5) is 29.6. The van der Waals surface area contributed by atoms with Gasteiger partial charge in [-0.05, 0) is 106 Å². The second kappa shape index (κ2) is 28.2. The largest absolute Gasteiger partial charge is 1.00 e. The van der Waals surface area contributed by atoms with Crippen molar-refractivity contribution in [3.63, 3.8) is 0 Å². The quantitative estimate of drug-likeness (QED) is 0.0327. The summed E-state index contributed by atoms with van der Waals surface area (Å²) in [6.45, 7) is 6.67. The minimum Gasteiger partial charge on any atom is -1.00 e. The number of aromatic nitrogens is 10. The number of nitrogens with one attached hydrogen (secondary N) is 1. The maximum Gasteiger partial charge on any atom is 1.00 e. The van der Waals surface area contributed by atoms with Gasteiger partial charge in [-0.2, -0.15) is 35.0 Å². The summed E-state index contributed by atoms with van der Waals surface area (Å²) in [5, 5.41) is 30.2. The van der Waals surface area contributed by atoms with Crippen LogP contribution in [0.3, 0.4) is 0 Å². The van der Waals surface area contributed by atoms with Crippen LogP contribution in [0.5, 0.6) is 0 Å². The van der Waals surface area contributed by atoms with Crippen molar-refractivity contribution in [3.8, 4) is 22.5 Å². The van der Waals surface area contributed by atoms with Gasteiger partial charge in [0.05, 0.1) is 35.6 Å². The number of anilines is 3. The molecule has 0 bridgehead atoms. The predicted octanol–water partition coefficient (Wildman–Crippen LogP) is 0.679. The zero-order valence-electron chi connectivity index (χ0n) is 34.8. The minimum atomic E-state index is -2.57. The maximum absolute atomic E-state index is 12.8. The van der Waals surface area contributed by atoms with Crippen molar-refractivity contribution in [2.45, 2.75) is 0 Å². The van der Waals surface area contributed by atoms with E-state index in [0.29, 0.717) is 41.9 Å². The van der Waals surface area contributed by atoms with Crippen molar-refractivity contribution in [1.29, 1.82) is 0 Å². The van der Waals surface area contributed by atoms with Crippen molar-refractivity contribution in [2.24, 2.45) is 14.1 Å². The van der Waals surface area contributed by atoms with Gasteiger partial charge in [0.25, 0.3) is 6.47 Å². The van der Waals surface area contributed by atoms with Gasteiger partial charge in [-0.25, -0.2) is 15.0 Å². The Labute approximate surface area is 459 Å². The number of halogens is 6. The van der Waals surface area contributed by atoms with Gasteiger partial charge in [-0.3, -0.25) is 9.18 Å². The van der Waals surface area contributed by atoms with Crippen LogP contribution >= 0.6 is 80.9 Å². The van der Waals surface area contributed by atoms with Crippen LogP contribution in [0.1, 0.15) is 2.80 Å². The molecule has 4 aromatic heterocycles. The smallest absolute Gasteiger partial charge is 1.00 e. The molecular formula is C32H36Br2Cl3FK2N12O5P2. The Morgan fingerprint density at radius 1 is 0.847 bits per heavy atom. The summed E-state index contributed by atoms with van der Waals surface area (Å²) < 4.78 is 41.7. The first-order valence-corrected chi connectivity index (χ1v) is 23.3. The molecule has 0 saturated carbocycles. The van der Waals surface area contributed by atoms with E-state index in [4.69, 9.17) is 52.0 Å². The van der Waals surface area contributed by atoms with Crippen LogP contribution in [0, 0.1) is 0 Å². The number of carbonyl (C=O) groups is 1. The Bertz CT molecular complexity index is 2410. The fourth-order valence-corrected chi connectivity index (χ4v) is 7.48. The van der Waals surface area contributed by atoms with Crippen LogP contribution in [-0.2, 0) is 32.9 Å². The fourth-order valence-electron chi connectivity index (χ4n) is 4.25. The maximum atomic E-state index is 12.8. The van der Waals surface area contributed by atoms with Gasteiger partial charge in [-0.15, -0.1) is 0 Å². The molecule has 4 heterocycles. The summed E-state index contributed by atoms with van der Waals surface area (Å²) in [6.07, 6.45) is 6.40. The molecule has 0 saturated heterocycles. The van der Waals surface area contributed by atoms with E-state index in [0.717, 1.165) is 22.5 Å². The van der Waals surface area contributed by atoms with Gasteiger partial charge in [-0.1, -0.05) is 23.7 Å². The van der Waals surface area contributed by atoms with Gasteiger partial charge in [0, 0.05) is 53.9 Å². The minimum absolute atomic E-state index is 0. The molecule has 6 aromatic rings. The molecule has 0 amide bonds. The zero-order valence-corrected chi connectivity index (χ0v) is 46.3. The molecule has 0 atom stereocenters. The van der Waals surface area contributed by atoms with Crippen LogP contribution in [0.15, 0.2) is 70.1 Å². The van der Waals surface area contributed by atoms with Crippen molar-refractivity contribution < 1.29 is 134 Å². The van der Waals surface area contributed by atoms with Gasteiger partial charge in [0.15, 0.2) is 0 Å². The summed E-state index contributed by atoms with van der Waals surface area (Å²) in [5.41, 5.74) is 10.3. The number of benzene rings is 2. The van der Waals surface area contributed by atoms with Crippen LogP contribution in [0.2, 0.25) is 15.7 Å². The van der Waals surface area contributed by atoms with Crippen LogP contribution in [0.25, 0.3) is 22.5 Å². The SMILES string of the molecule is Clc1ncc(Br)c(Cl)n1.Cn1ncc(-c2ccc(N)c(P(C)(C)=O)c2)n1.Cn1ncc(-c2ccc(Nc3nc(Cl)ncc3Br)c(P(C)(C)=O)c2)n1.O=CO[O-].[2H]CF.[H-].[K+].[K+]. The third-order valence-electron chi connectivity index (χ3n) is 6.66. The van der Waals surface area contributed by atoms with Gasteiger partial charge >= 0.3 is 103 Å². The number of hydrogen-bond donors (Lipinski definition) is 2. The molecule has 0 spiro atoms. The van der Waals surface area contributed by atoms with E-state index < -0.39 is 21.4 Å². The van der Waals surface area contributed by atoms with Gasteiger partial charge in [0.1, 0.15) is 36.6 Å². The number of alkyl halides is 1. The molecule has 59 heavy (non-hydrogen) atoms. The van der Waals surface area contributed by atoms with Crippen molar-refractivity contribution in [3.05, 3.63) is 85.9 Å². The first-order chi connectivity index (χ1) is 27.1. The molecular weight excluding hydrogens is 1060 g/mol. The molecule has 0 radical (unpaired) electrons. The first kappa shape index (κ1) is 56.4. The molecule has 2 aromatic carbocycles. The average molecular weight is 1100 g/mol. The van der Waals surface area contributed by atoms with E-state index in [2.05, 4.69) is 82.4 Å². The summed E-state index contributed by atoms with van der Waals surface area (Å²) in [7, 11) is -2.44. The van der Waals surface area contributed by atoms with E-state index in [1.807, 2.05) is 30.3 Å². The van der Waals surface area contributed by atoms with Crippen molar-refractivity contribution in [2.75, 3.05) is 44.9 Å². The second-order valence-corrected chi connectivity index (χ2v) is 20.7. The molecule has 6 rings (SSSR count). The fraction of sp³-hybridized carbons (Fsp3) is 0.219. The number of nitrogen functional groups attached to an aromatic ring is 1. The Morgan fingerprint density at radius 3 is 1.69 bits per heavy atom. The molecule has 0 unspecified atom stereocenters. The number of hydrogen-bond acceptors (Lipinski definition) is 15. The van der Waals surface area contributed by atoms with E-state index in [-0.39, 0.29) is 121 Å². The zero-order chi connectivity index (χ0) is 43.8. The monoisotopic (exact) mass is 1090 g/mol. The third-order valence-corrected chi connectivity index (χ3v) is 11.8. The summed E-state index contributed by atoms with van der Waals surface area (Å²) in [5.74, 6) is 0.502. The normalized spacial score (nSPS) is 10.4. The number of nitrogens with zero attached hydrogens (tertiary/aromatic N) is 10. The molecule has 27 heteroatoms. The topological polar surface area (TPSA) is 235 Å². The Morgan fingerprint density at radius 2 is 1.29 bits per heavy atom. The molecule has 0 aliphatic heterocycles. The van der Waals surface area contributed by atoms with Crippen molar-refractivity contribution >= 4 is 115 Å². The molecule has 0 fully saturated rings. The number of rotatable bonds is 7. The predicted molar refractivity (Wildman–Crippen MR) is 229 cm³/mol. The van der Waals surface area contributed by atoms with Gasteiger partial charge in [0.2, 0.25) is 10.6 Å². The van der Waals surface area contributed by atoms with E-state index >= 15 is 0 Å².